The summed E-state index contributed by atoms with van der Waals surface area (Å²) in [6.45, 7) is 5.88. The van der Waals surface area contributed by atoms with E-state index in [4.69, 9.17) is 12.2 Å². The first-order chi connectivity index (χ1) is 13.6. The number of thiocarbonyl (C=S) groups is 1. The molecule has 148 valence electrons. The van der Waals surface area contributed by atoms with E-state index in [1.165, 1.54) is 5.56 Å². The number of carbonyl (C=O) groups is 1. The summed E-state index contributed by atoms with van der Waals surface area (Å²) >= 11 is 5.50. The largest absolute Gasteiger partial charge is 0.362 e. The Morgan fingerprint density at radius 3 is 2.68 bits per heavy atom. The fraction of sp³-hybridized carbons (Fsp3) is 0.391. The molecular weight excluding hydrogens is 366 g/mol. The van der Waals surface area contributed by atoms with Crippen LogP contribution in [0.25, 0.3) is 0 Å². The molecule has 1 amide bonds. The van der Waals surface area contributed by atoms with Gasteiger partial charge in [0.2, 0.25) is 5.91 Å². The Labute approximate surface area is 173 Å². The normalized spacial score (nSPS) is 14.8. The number of hydrogen-bond donors (Lipinski definition) is 2. The van der Waals surface area contributed by atoms with Crippen LogP contribution < -0.4 is 15.5 Å². The van der Waals surface area contributed by atoms with E-state index in [0.717, 1.165) is 49.3 Å². The molecule has 0 radical (unpaired) electrons. The molecule has 1 saturated heterocycles. The first kappa shape index (κ1) is 20.3. The Bertz CT molecular complexity index is 822. The van der Waals surface area contributed by atoms with Gasteiger partial charge in [0, 0.05) is 30.9 Å². The van der Waals surface area contributed by atoms with E-state index in [2.05, 4.69) is 41.8 Å². The Hall–Kier alpha value is -2.40. The molecule has 1 fully saturated rings. The lowest BCUT2D eigenvalue weighted by Crippen LogP contribution is -2.33. The molecule has 1 aliphatic rings. The second-order valence-corrected chi connectivity index (χ2v) is 7.86. The van der Waals surface area contributed by atoms with E-state index in [9.17, 15) is 4.79 Å². The second kappa shape index (κ2) is 9.69. The lowest BCUT2D eigenvalue weighted by atomic mass is 9.97. The summed E-state index contributed by atoms with van der Waals surface area (Å²) in [5.41, 5.74) is 4.35. The van der Waals surface area contributed by atoms with Gasteiger partial charge in [0.15, 0.2) is 5.11 Å². The highest BCUT2D eigenvalue weighted by atomic mass is 32.1. The molecule has 2 aromatic rings. The summed E-state index contributed by atoms with van der Waals surface area (Å²) in [6.07, 6.45) is 3.70. The van der Waals surface area contributed by atoms with Crippen molar-refractivity contribution in [1.29, 1.82) is 0 Å². The molecule has 2 aromatic carbocycles. The number of nitrogens with zero attached hydrogens (tertiary/aromatic N) is 1. The number of hydrogen-bond acceptors (Lipinski definition) is 2. The minimum absolute atomic E-state index is 0.202. The van der Waals surface area contributed by atoms with E-state index in [-0.39, 0.29) is 5.91 Å². The highest BCUT2D eigenvalue weighted by Gasteiger charge is 2.23. The van der Waals surface area contributed by atoms with Crippen molar-refractivity contribution in [2.75, 3.05) is 23.3 Å². The minimum atomic E-state index is 0.202. The summed E-state index contributed by atoms with van der Waals surface area (Å²) < 4.78 is 0. The topological polar surface area (TPSA) is 44.4 Å². The molecular formula is C23H29N3OS. The zero-order valence-corrected chi connectivity index (χ0v) is 17.5. The van der Waals surface area contributed by atoms with Gasteiger partial charge in [-0.2, -0.15) is 0 Å². The fourth-order valence-electron chi connectivity index (χ4n) is 3.60. The second-order valence-electron chi connectivity index (χ2n) is 7.45. The third-order valence-electron chi connectivity index (χ3n) is 5.33. The van der Waals surface area contributed by atoms with Crippen LogP contribution in [0, 0.1) is 12.8 Å². The van der Waals surface area contributed by atoms with Crippen LogP contribution in [-0.4, -0.2) is 24.1 Å². The lowest BCUT2D eigenvalue weighted by molar-refractivity contribution is -0.117. The van der Waals surface area contributed by atoms with E-state index < -0.39 is 0 Å². The molecule has 1 aliphatic heterocycles. The number of carbonyl (C=O) groups excluding carboxylic acids is 1. The number of amides is 1. The maximum Gasteiger partial charge on any atom is 0.227 e. The van der Waals surface area contributed by atoms with Crippen LogP contribution in [0.3, 0.4) is 0 Å². The molecule has 0 saturated carbocycles. The number of nitrogens with one attached hydrogen (secondary N) is 2. The van der Waals surface area contributed by atoms with Crippen molar-refractivity contribution >= 4 is 34.6 Å². The van der Waals surface area contributed by atoms with E-state index in [1.54, 1.807) is 0 Å². The van der Waals surface area contributed by atoms with Gasteiger partial charge in [0.1, 0.15) is 0 Å². The molecule has 2 N–H and O–H groups in total. The molecule has 1 atom stereocenters. The van der Waals surface area contributed by atoms with Crippen LogP contribution in [0.5, 0.6) is 0 Å². The van der Waals surface area contributed by atoms with Crippen molar-refractivity contribution in [3.05, 3.63) is 59.7 Å². The van der Waals surface area contributed by atoms with Crippen molar-refractivity contribution in [1.82, 2.24) is 5.32 Å². The predicted octanol–water partition coefficient (Wildman–Crippen LogP) is 4.68. The Morgan fingerprint density at radius 2 is 2.00 bits per heavy atom. The van der Waals surface area contributed by atoms with Gasteiger partial charge < -0.3 is 15.5 Å². The third kappa shape index (κ3) is 5.32. The van der Waals surface area contributed by atoms with Gasteiger partial charge in [-0.15, -0.1) is 0 Å². The highest BCUT2D eigenvalue weighted by Crippen LogP contribution is 2.28. The number of rotatable bonds is 7. The van der Waals surface area contributed by atoms with Crippen molar-refractivity contribution in [2.45, 2.75) is 39.5 Å². The summed E-state index contributed by atoms with van der Waals surface area (Å²) in [4.78, 5) is 14.0. The summed E-state index contributed by atoms with van der Waals surface area (Å²) in [5.74, 6) is 0.727. The van der Waals surface area contributed by atoms with Crippen molar-refractivity contribution < 1.29 is 4.79 Å². The Kier molecular flexibility index (Phi) is 7.04. The van der Waals surface area contributed by atoms with Gasteiger partial charge in [-0.05, 0) is 61.2 Å². The molecule has 0 unspecified atom stereocenters. The van der Waals surface area contributed by atoms with E-state index in [1.807, 2.05) is 36.1 Å². The molecule has 1 heterocycles. The Balaban J connectivity index is 1.56. The maximum atomic E-state index is 12.1. The van der Waals surface area contributed by atoms with Crippen molar-refractivity contribution in [3.63, 3.8) is 0 Å². The van der Waals surface area contributed by atoms with Crippen LogP contribution in [0.4, 0.5) is 11.4 Å². The minimum Gasteiger partial charge on any atom is -0.362 e. The lowest BCUT2D eigenvalue weighted by Gasteiger charge is -2.21. The molecule has 3 rings (SSSR count). The Morgan fingerprint density at radius 1 is 1.21 bits per heavy atom. The third-order valence-corrected chi connectivity index (χ3v) is 5.57. The zero-order valence-electron chi connectivity index (χ0n) is 16.7. The van der Waals surface area contributed by atoms with Gasteiger partial charge >= 0.3 is 0 Å². The van der Waals surface area contributed by atoms with Crippen LogP contribution in [0.1, 0.15) is 37.3 Å². The van der Waals surface area contributed by atoms with Crippen LogP contribution in [0.15, 0.2) is 48.5 Å². The standard InChI is InChI=1S/C23H29N3OS/c1-3-18(14-19-8-5-4-6-9-19)16-24-23(28)25-20-12-11-17(2)21(15-20)26-13-7-10-22(26)27/h4-6,8-9,11-12,15,18H,3,7,10,13-14,16H2,1-2H3,(H2,24,25,28)/t18-/m0/s1. The van der Waals surface area contributed by atoms with Crippen LogP contribution >= 0.6 is 12.2 Å². The van der Waals surface area contributed by atoms with Crippen LogP contribution in [-0.2, 0) is 11.2 Å². The zero-order chi connectivity index (χ0) is 19.9. The van der Waals surface area contributed by atoms with E-state index >= 15 is 0 Å². The molecule has 4 nitrogen and oxygen atoms in total. The predicted molar refractivity (Wildman–Crippen MR) is 121 cm³/mol. The molecule has 0 spiro atoms. The van der Waals surface area contributed by atoms with Gasteiger partial charge in [-0.1, -0.05) is 49.7 Å². The van der Waals surface area contributed by atoms with E-state index in [0.29, 0.717) is 17.5 Å². The number of aryl methyl sites for hydroxylation is 1. The fourth-order valence-corrected chi connectivity index (χ4v) is 3.80. The number of benzene rings is 2. The highest BCUT2D eigenvalue weighted by molar-refractivity contribution is 7.80. The SMILES string of the molecule is CC[C@H](CNC(=S)Nc1ccc(C)c(N2CCCC2=O)c1)Cc1ccccc1. The summed E-state index contributed by atoms with van der Waals surface area (Å²) in [6, 6.07) is 16.6. The molecule has 0 aliphatic carbocycles. The van der Waals surface area contributed by atoms with Gasteiger partial charge in [-0.25, -0.2) is 0 Å². The molecule has 5 heteroatoms. The van der Waals surface area contributed by atoms with Crippen molar-refractivity contribution in [2.24, 2.45) is 5.92 Å². The van der Waals surface area contributed by atoms with Gasteiger partial charge in [0.25, 0.3) is 0 Å². The van der Waals surface area contributed by atoms with Crippen molar-refractivity contribution in [3.8, 4) is 0 Å². The molecule has 0 aromatic heterocycles. The first-order valence-electron chi connectivity index (χ1n) is 10.1. The molecule has 0 bridgehead atoms. The summed E-state index contributed by atoms with van der Waals surface area (Å²) in [5, 5.41) is 7.25. The van der Waals surface area contributed by atoms with Gasteiger partial charge in [-0.3, -0.25) is 4.79 Å². The smallest absolute Gasteiger partial charge is 0.227 e. The summed E-state index contributed by atoms with van der Waals surface area (Å²) in [7, 11) is 0. The van der Waals surface area contributed by atoms with Gasteiger partial charge in [0.05, 0.1) is 0 Å². The number of anilines is 2. The maximum absolute atomic E-state index is 12.1. The average Bonchev–Trinajstić information content (AvgIpc) is 3.13. The first-order valence-corrected chi connectivity index (χ1v) is 10.5. The molecule has 28 heavy (non-hydrogen) atoms. The quantitative estimate of drug-likeness (QED) is 0.668. The van der Waals surface area contributed by atoms with Crippen LogP contribution in [0.2, 0.25) is 0 Å². The average molecular weight is 396 g/mol. The monoisotopic (exact) mass is 395 g/mol.